The van der Waals surface area contributed by atoms with Crippen molar-refractivity contribution in [3.8, 4) is 5.95 Å². The Hall–Kier alpha value is -1.74. The Bertz CT molecular complexity index is 611. The van der Waals surface area contributed by atoms with Crippen molar-refractivity contribution in [2.75, 3.05) is 43.1 Å². The second-order valence-electron chi connectivity index (χ2n) is 4.49. The summed E-state index contributed by atoms with van der Waals surface area (Å²) in [6.07, 6.45) is 3.51. The third-order valence-corrected chi connectivity index (χ3v) is 3.41. The van der Waals surface area contributed by atoms with Gasteiger partial charge in [0.15, 0.2) is 0 Å². The highest BCUT2D eigenvalue weighted by molar-refractivity contribution is 9.10. The molecule has 0 bridgehead atoms. The molecule has 0 spiro atoms. The molecule has 2 aromatic rings. The van der Waals surface area contributed by atoms with Crippen LogP contribution in [-0.2, 0) is 4.74 Å². The number of hydrogen-bond acceptors (Lipinski definition) is 7. The Morgan fingerprint density at radius 3 is 2.67 bits per heavy atom. The van der Waals surface area contributed by atoms with Gasteiger partial charge in [0.1, 0.15) is 0 Å². The number of rotatable bonds is 4. The highest BCUT2D eigenvalue weighted by atomic mass is 79.9. The monoisotopic (exact) mass is 353 g/mol. The Morgan fingerprint density at radius 1 is 1.24 bits per heavy atom. The summed E-state index contributed by atoms with van der Waals surface area (Å²) in [5.74, 6) is 1.69. The minimum absolute atomic E-state index is 0.494. The third kappa shape index (κ3) is 3.30. The zero-order chi connectivity index (χ0) is 14.7. The maximum absolute atomic E-state index is 5.36. The summed E-state index contributed by atoms with van der Waals surface area (Å²) in [6.45, 7) is 5.67. The largest absolute Gasteiger partial charge is 0.378 e. The van der Waals surface area contributed by atoms with Crippen LogP contribution in [0, 0.1) is 0 Å². The topological polar surface area (TPSA) is 81.0 Å². The second kappa shape index (κ2) is 6.35. The van der Waals surface area contributed by atoms with E-state index in [0.29, 0.717) is 31.1 Å². The van der Waals surface area contributed by atoms with Gasteiger partial charge < -0.3 is 15.0 Å². The van der Waals surface area contributed by atoms with Gasteiger partial charge in [-0.15, -0.1) is 0 Å². The highest BCUT2D eigenvalue weighted by Crippen LogP contribution is 2.16. The molecular formula is C12H16BrN7O. The normalized spacial score (nSPS) is 15.2. The lowest BCUT2D eigenvalue weighted by molar-refractivity contribution is 0.122. The quantitative estimate of drug-likeness (QED) is 0.880. The van der Waals surface area contributed by atoms with Gasteiger partial charge in [0.05, 0.1) is 23.9 Å². The lowest BCUT2D eigenvalue weighted by Crippen LogP contribution is -2.37. The Balaban J connectivity index is 1.96. The number of ether oxygens (including phenoxy) is 1. The van der Waals surface area contributed by atoms with E-state index in [0.717, 1.165) is 24.1 Å². The lowest BCUT2D eigenvalue weighted by Gasteiger charge is -2.27. The van der Waals surface area contributed by atoms with E-state index in [1.165, 1.54) is 0 Å². The maximum atomic E-state index is 5.36. The maximum Gasteiger partial charge on any atom is 0.257 e. The van der Waals surface area contributed by atoms with Crippen LogP contribution >= 0.6 is 15.9 Å². The number of nitrogens with one attached hydrogen (secondary N) is 1. The van der Waals surface area contributed by atoms with Gasteiger partial charge in [-0.05, 0) is 22.9 Å². The molecule has 0 atom stereocenters. The van der Waals surface area contributed by atoms with E-state index in [4.69, 9.17) is 4.74 Å². The van der Waals surface area contributed by atoms with E-state index >= 15 is 0 Å². The molecule has 1 N–H and O–H groups in total. The van der Waals surface area contributed by atoms with E-state index in [-0.39, 0.29) is 0 Å². The molecule has 8 nitrogen and oxygen atoms in total. The van der Waals surface area contributed by atoms with Crippen molar-refractivity contribution < 1.29 is 4.74 Å². The molecule has 9 heteroatoms. The summed E-state index contributed by atoms with van der Waals surface area (Å²) in [6, 6.07) is 0. The fraction of sp³-hybridized carbons (Fsp3) is 0.500. The summed E-state index contributed by atoms with van der Waals surface area (Å²) < 4.78 is 7.86. The fourth-order valence-electron chi connectivity index (χ4n) is 2.01. The van der Waals surface area contributed by atoms with Crippen molar-refractivity contribution >= 4 is 27.8 Å². The first-order valence-corrected chi connectivity index (χ1v) is 7.59. The van der Waals surface area contributed by atoms with Crippen molar-refractivity contribution in [3.63, 3.8) is 0 Å². The molecular weight excluding hydrogens is 338 g/mol. The average Bonchev–Trinajstić information content (AvgIpc) is 2.95. The van der Waals surface area contributed by atoms with Crippen molar-refractivity contribution in [2.45, 2.75) is 6.92 Å². The number of nitrogens with zero attached hydrogens (tertiary/aromatic N) is 6. The van der Waals surface area contributed by atoms with Gasteiger partial charge in [-0.25, -0.2) is 4.68 Å². The number of halogens is 1. The van der Waals surface area contributed by atoms with Crippen LogP contribution in [0.3, 0.4) is 0 Å². The zero-order valence-electron chi connectivity index (χ0n) is 11.7. The van der Waals surface area contributed by atoms with Crippen LogP contribution in [0.4, 0.5) is 11.9 Å². The van der Waals surface area contributed by atoms with E-state index in [1.807, 2.05) is 13.1 Å². The molecule has 3 heterocycles. The molecule has 0 saturated carbocycles. The molecule has 112 valence electrons. The van der Waals surface area contributed by atoms with Crippen LogP contribution < -0.4 is 10.2 Å². The van der Waals surface area contributed by atoms with E-state index < -0.39 is 0 Å². The predicted molar refractivity (Wildman–Crippen MR) is 81.8 cm³/mol. The molecule has 0 aromatic carbocycles. The summed E-state index contributed by atoms with van der Waals surface area (Å²) in [4.78, 5) is 15.5. The van der Waals surface area contributed by atoms with Crippen LogP contribution in [0.1, 0.15) is 6.92 Å². The first-order chi connectivity index (χ1) is 10.3. The summed E-state index contributed by atoms with van der Waals surface area (Å²) in [5, 5.41) is 7.35. The first-order valence-electron chi connectivity index (χ1n) is 6.79. The molecule has 0 aliphatic carbocycles. The number of hydrogen-bond donors (Lipinski definition) is 1. The average molecular weight is 354 g/mol. The number of morpholine rings is 1. The Labute approximate surface area is 130 Å². The number of anilines is 2. The SMILES string of the molecule is CCNc1nc(N2CCOCC2)nc(-n2cc(Br)cn2)n1. The molecule has 2 aromatic heterocycles. The first kappa shape index (κ1) is 14.2. The Morgan fingerprint density at radius 2 is 2.00 bits per heavy atom. The van der Waals surface area contributed by atoms with Crippen LogP contribution in [-0.4, -0.2) is 57.6 Å². The van der Waals surface area contributed by atoms with Crippen LogP contribution in [0.25, 0.3) is 5.95 Å². The van der Waals surface area contributed by atoms with Crippen molar-refractivity contribution in [2.24, 2.45) is 0 Å². The van der Waals surface area contributed by atoms with E-state index in [9.17, 15) is 0 Å². The molecule has 1 saturated heterocycles. The van der Waals surface area contributed by atoms with E-state index in [2.05, 4.69) is 46.2 Å². The van der Waals surface area contributed by atoms with Gasteiger partial charge >= 0.3 is 0 Å². The molecule has 0 unspecified atom stereocenters. The van der Waals surface area contributed by atoms with Crippen LogP contribution in [0.2, 0.25) is 0 Å². The van der Waals surface area contributed by atoms with Crippen LogP contribution in [0.15, 0.2) is 16.9 Å². The second-order valence-corrected chi connectivity index (χ2v) is 5.41. The van der Waals surface area contributed by atoms with Gasteiger partial charge in [-0.2, -0.15) is 20.1 Å². The van der Waals surface area contributed by atoms with Crippen molar-refractivity contribution in [1.29, 1.82) is 0 Å². The van der Waals surface area contributed by atoms with Gasteiger partial charge in [0, 0.05) is 25.8 Å². The van der Waals surface area contributed by atoms with Crippen molar-refractivity contribution in [1.82, 2.24) is 24.7 Å². The molecule has 21 heavy (non-hydrogen) atoms. The minimum atomic E-state index is 0.494. The number of aromatic nitrogens is 5. The van der Waals surface area contributed by atoms with Crippen molar-refractivity contribution in [3.05, 3.63) is 16.9 Å². The molecule has 1 fully saturated rings. The Kier molecular flexibility index (Phi) is 4.30. The third-order valence-electron chi connectivity index (χ3n) is 3.00. The van der Waals surface area contributed by atoms with Gasteiger partial charge in [0.25, 0.3) is 5.95 Å². The molecule has 3 rings (SSSR count). The van der Waals surface area contributed by atoms with E-state index in [1.54, 1.807) is 10.9 Å². The minimum Gasteiger partial charge on any atom is -0.378 e. The smallest absolute Gasteiger partial charge is 0.257 e. The highest BCUT2D eigenvalue weighted by Gasteiger charge is 2.17. The zero-order valence-corrected chi connectivity index (χ0v) is 13.2. The summed E-state index contributed by atoms with van der Waals surface area (Å²) in [7, 11) is 0. The van der Waals surface area contributed by atoms with Gasteiger partial charge in [-0.1, -0.05) is 0 Å². The molecule has 1 aliphatic rings. The summed E-state index contributed by atoms with van der Waals surface area (Å²) in [5.41, 5.74) is 0. The lowest BCUT2D eigenvalue weighted by atomic mass is 10.4. The van der Waals surface area contributed by atoms with Gasteiger partial charge in [-0.3, -0.25) is 0 Å². The molecule has 1 aliphatic heterocycles. The predicted octanol–water partition coefficient (Wildman–Crippen LogP) is 1.09. The van der Waals surface area contributed by atoms with Gasteiger partial charge in [0.2, 0.25) is 11.9 Å². The standard InChI is InChI=1S/C12H16BrN7O/c1-2-14-10-16-11(19-3-5-21-6-4-19)18-12(17-10)20-8-9(13)7-15-20/h7-8H,2-6H2,1H3,(H,14,16,17,18). The molecule has 0 amide bonds. The molecule has 0 radical (unpaired) electrons. The van der Waals surface area contributed by atoms with Crippen LogP contribution in [0.5, 0.6) is 0 Å². The summed E-state index contributed by atoms with van der Waals surface area (Å²) >= 11 is 3.38. The fourth-order valence-corrected chi connectivity index (χ4v) is 2.29.